The molecule has 1 saturated carbocycles. The van der Waals surface area contributed by atoms with E-state index in [1.54, 1.807) is 38.5 Å². The summed E-state index contributed by atoms with van der Waals surface area (Å²) >= 11 is 0. The molecule has 1 heterocycles. The average Bonchev–Trinajstić information content (AvgIpc) is 3.08. The SMILES string of the molecule is C=C(N=C(COC)OC)c1ccccc1-c1ccc(Cc2c(CCC)nc(N)n(-c3ccc(OC4CCCCC4=O)cc3)c2=O)cc1. The third-order valence-corrected chi connectivity index (χ3v) is 8.29. The van der Waals surface area contributed by atoms with Gasteiger partial charge in [0, 0.05) is 31.1 Å². The Morgan fingerprint density at radius 1 is 1.02 bits per heavy atom. The van der Waals surface area contributed by atoms with Crippen LogP contribution in [-0.2, 0) is 27.1 Å². The number of nitrogens with zero attached hydrogens (tertiary/aromatic N) is 3. The van der Waals surface area contributed by atoms with Crippen molar-refractivity contribution in [2.45, 2.75) is 58.0 Å². The molecule has 0 amide bonds. The Kier molecular flexibility index (Phi) is 11.0. The van der Waals surface area contributed by atoms with Gasteiger partial charge in [0.05, 0.1) is 24.2 Å². The highest BCUT2D eigenvalue weighted by Gasteiger charge is 2.24. The van der Waals surface area contributed by atoms with Gasteiger partial charge < -0.3 is 19.9 Å². The van der Waals surface area contributed by atoms with Gasteiger partial charge in [0.2, 0.25) is 11.8 Å². The third-order valence-electron chi connectivity index (χ3n) is 8.29. The Morgan fingerprint density at radius 3 is 2.45 bits per heavy atom. The number of anilines is 1. The molecule has 1 unspecified atom stereocenters. The van der Waals surface area contributed by atoms with Gasteiger partial charge in [0.15, 0.2) is 11.9 Å². The number of aryl methyl sites for hydroxylation is 1. The lowest BCUT2D eigenvalue weighted by Gasteiger charge is -2.22. The van der Waals surface area contributed by atoms with Gasteiger partial charge in [-0.2, -0.15) is 0 Å². The molecule has 1 aromatic heterocycles. The maximum Gasteiger partial charge on any atom is 0.263 e. The summed E-state index contributed by atoms with van der Waals surface area (Å²) in [6.45, 7) is 6.47. The lowest BCUT2D eigenvalue weighted by Crippen LogP contribution is -2.30. The lowest BCUT2D eigenvalue weighted by atomic mass is 9.95. The topological polar surface area (TPSA) is 118 Å². The predicted molar refractivity (Wildman–Crippen MR) is 186 cm³/mol. The number of nitrogen functional groups attached to an aromatic ring is 1. The molecular weight excluding hydrogens is 592 g/mol. The van der Waals surface area contributed by atoms with Crippen LogP contribution in [0.3, 0.4) is 0 Å². The zero-order chi connectivity index (χ0) is 33.3. The van der Waals surface area contributed by atoms with Crippen molar-refractivity contribution in [3.05, 3.63) is 112 Å². The van der Waals surface area contributed by atoms with Gasteiger partial charge >= 0.3 is 0 Å². The van der Waals surface area contributed by atoms with Gasteiger partial charge in [-0.1, -0.05) is 68.5 Å². The van der Waals surface area contributed by atoms with Crippen LogP contribution in [0, 0.1) is 0 Å². The average molecular weight is 635 g/mol. The second-order valence-corrected chi connectivity index (χ2v) is 11.6. The number of ketones is 1. The zero-order valence-electron chi connectivity index (χ0n) is 27.3. The minimum atomic E-state index is -0.416. The van der Waals surface area contributed by atoms with Crippen molar-refractivity contribution in [2.75, 3.05) is 26.6 Å². The summed E-state index contributed by atoms with van der Waals surface area (Å²) in [4.78, 5) is 35.5. The summed E-state index contributed by atoms with van der Waals surface area (Å²) in [6.07, 6.45) is 4.62. The second kappa shape index (κ2) is 15.5. The zero-order valence-corrected chi connectivity index (χ0v) is 27.3. The standard InChI is InChI=1S/C38H42N4O5/c1-5-10-33-32(37(44)42(38(39)41-33)28-19-21-29(22-20-28)47-35-14-9-8-13-34(35)43)23-26-15-17-27(18-16-26)31-12-7-6-11-30(31)25(2)40-36(46-4)24-45-3/h6-7,11-12,15-22,35H,2,5,8-10,13-14,23-24H2,1,3-4H3,(H2,39,41). The van der Waals surface area contributed by atoms with Crippen LogP contribution < -0.4 is 16.0 Å². The van der Waals surface area contributed by atoms with Gasteiger partial charge in [-0.3, -0.25) is 9.59 Å². The first-order chi connectivity index (χ1) is 22.8. The minimum absolute atomic E-state index is 0.135. The number of rotatable bonds is 12. The number of methoxy groups -OCH3 is 2. The molecule has 5 rings (SSSR count). The number of carbonyl (C=O) groups is 1. The van der Waals surface area contributed by atoms with E-state index in [0.29, 0.717) is 53.6 Å². The quantitative estimate of drug-likeness (QED) is 0.138. The first-order valence-corrected chi connectivity index (χ1v) is 16.0. The molecule has 1 aliphatic rings. The van der Waals surface area contributed by atoms with Crippen molar-refractivity contribution in [1.82, 2.24) is 9.55 Å². The van der Waals surface area contributed by atoms with Crippen molar-refractivity contribution in [3.63, 3.8) is 0 Å². The number of hydrogen-bond acceptors (Lipinski definition) is 8. The molecule has 244 valence electrons. The molecule has 1 aliphatic carbocycles. The van der Waals surface area contributed by atoms with Crippen LogP contribution in [-0.4, -0.2) is 48.2 Å². The number of benzene rings is 3. The second-order valence-electron chi connectivity index (χ2n) is 11.6. The molecule has 47 heavy (non-hydrogen) atoms. The largest absolute Gasteiger partial charge is 0.483 e. The minimum Gasteiger partial charge on any atom is -0.483 e. The molecular formula is C38H42N4O5. The Hall–Kier alpha value is -5.02. The number of carbonyl (C=O) groups excluding carboxylic acids is 1. The van der Waals surface area contributed by atoms with E-state index in [9.17, 15) is 9.59 Å². The Balaban J connectivity index is 1.41. The highest BCUT2D eigenvalue weighted by atomic mass is 16.5. The van der Waals surface area contributed by atoms with E-state index in [4.69, 9.17) is 19.9 Å². The van der Waals surface area contributed by atoms with Crippen molar-refractivity contribution in [1.29, 1.82) is 0 Å². The van der Waals surface area contributed by atoms with E-state index in [0.717, 1.165) is 47.9 Å². The molecule has 1 fully saturated rings. The van der Waals surface area contributed by atoms with Gasteiger partial charge in [0.1, 0.15) is 12.4 Å². The van der Waals surface area contributed by atoms with Crippen LogP contribution in [0.1, 0.15) is 61.4 Å². The summed E-state index contributed by atoms with van der Waals surface area (Å²) < 4.78 is 17.9. The van der Waals surface area contributed by atoms with E-state index in [1.807, 2.05) is 48.5 Å². The van der Waals surface area contributed by atoms with Crippen LogP contribution in [0.4, 0.5) is 5.95 Å². The van der Waals surface area contributed by atoms with E-state index >= 15 is 0 Å². The molecule has 9 nitrogen and oxygen atoms in total. The molecule has 0 spiro atoms. The van der Waals surface area contributed by atoms with E-state index in [-0.39, 0.29) is 23.9 Å². The molecule has 0 aliphatic heterocycles. The van der Waals surface area contributed by atoms with E-state index in [2.05, 4.69) is 23.5 Å². The first-order valence-electron chi connectivity index (χ1n) is 16.0. The Bertz CT molecular complexity index is 1810. The molecule has 3 aromatic carbocycles. The fourth-order valence-electron chi connectivity index (χ4n) is 5.87. The maximum atomic E-state index is 14.0. The normalized spacial score (nSPS) is 15.0. The molecule has 9 heteroatoms. The van der Waals surface area contributed by atoms with Crippen LogP contribution >= 0.6 is 0 Å². The molecule has 0 saturated heterocycles. The van der Waals surface area contributed by atoms with Crippen LogP contribution in [0.2, 0.25) is 0 Å². The smallest absolute Gasteiger partial charge is 0.263 e. The highest BCUT2D eigenvalue weighted by Crippen LogP contribution is 2.30. The summed E-state index contributed by atoms with van der Waals surface area (Å²) in [6, 6.07) is 23.2. The van der Waals surface area contributed by atoms with Gasteiger partial charge in [0.25, 0.3) is 5.56 Å². The van der Waals surface area contributed by atoms with Gasteiger partial charge in [-0.25, -0.2) is 14.5 Å². The van der Waals surface area contributed by atoms with Crippen molar-refractivity contribution in [3.8, 4) is 22.6 Å². The van der Waals surface area contributed by atoms with Gasteiger partial charge in [-0.05, 0) is 66.6 Å². The molecule has 0 radical (unpaired) electrons. The fraction of sp³-hybridized carbons (Fsp3) is 0.316. The van der Waals surface area contributed by atoms with E-state index in [1.165, 1.54) is 4.57 Å². The highest BCUT2D eigenvalue weighted by molar-refractivity contribution is 5.88. The number of aromatic nitrogens is 2. The van der Waals surface area contributed by atoms with Crippen LogP contribution in [0.15, 0.2) is 89.2 Å². The van der Waals surface area contributed by atoms with E-state index < -0.39 is 6.10 Å². The van der Waals surface area contributed by atoms with Crippen molar-refractivity contribution >= 4 is 23.3 Å². The summed E-state index contributed by atoms with van der Waals surface area (Å²) in [7, 11) is 3.14. The van der Waals surface area contributed by atoms with Crippen LogP contribution in [0.5, 0.6) is 5.75 Å². The number of nitrogens with two attached hydrogens (primary N) is 1. The van der Waals surface area contributed by atoms with Gasteiger partial charge in [-0.15, -0.1) is 0 Å². The molecule has 2 N–H and O–H groups in total. The molecule has 0 bridgehead atoms. The summed E-state index contributed by atoms with van der Waals surface area (Å²) in [5.41, 5.74) is 12.5. The maximum absolute atomic E-state index is 14.0. The number of ether oxygens (including phenoxy) is 3. The molecule has 1 atom stereocenters. The number of aliphatic imine (C=N–C) groups is 1. The Labute approximate surface area is 275 Å². The summed E-state index contributed by atoms with van der Waals surface area (Å²) in [5.74, 6) is 1.29. The number of Topliss-reactive ketones (excluding diaryl/α,β-unsaturated/α-hetero) is 1. The summed E-state index contributed by atoms with van der Waals surface area (Å²) in [5, 5.41) is 0. The molecule has 4 aromatic rings. The fourth-order valence-corrected chi connectivity index (χ4v) is 5.87. The number of hydrogen-bond donors (Lipinski definition) is 1. The van der Waals surface area contributed by atoms with Crippen LogP contribution in [0.25, 0.3) is 22.5 Å². The van der Waals surface area contributed by atoms with Crippen molar-refractivity contribution < 1.29 is 19.0 Å². The predicted octanol–water partition coefficient (Wildman–Crippen LogP) is 6.58. The lowest BCUT2D eigenvalue weighted by molar-refractivity contribution is -0.127. The third kappa shape index (κ3) is 7.86. The monoisotopic (exact) mass is 634 g/mol. The first kappa shape index (κ1) is 33.3. The Morgan fingerprint density at radius 2 is 1.77 bits per heavy atom. The van der Waals surface area contributed by atoms with Crippen molar-refractivity contribution in [2.24, 2.45) is 4.99 Å².